The van der Waals surface area contributed by atoms with Gasteiger partial charge in [-0.25, -0.2) is 4.39 Å². The number of benzene rings is 1. The lowest BCUT2D eigenvalue weighted by molar-refractivity contribution is -0.149. The SMILES string of the molecule is CCOC(=O)C1CCN(C(=O)c2c(C)c(N3CCOCC3)c(C)n2Cc2ccccc2F)CC1. The van der Waals surface area contributed by atoms with Gasteiger partial charge >= 0.3 is 5.97 Å². The van der Waals surface area contributed by atoms with Crippen LogP contribution in [0.2, 0.25) is 0 Å². The fourth-order valence-electron chi connectivity index (χ4n) is 5.13. The molecule has 0 saturated carbocycles. The highest BCUT2D eigenvalue weighted by atomic mass is 19.1. The van der Waals surface area contributed by atoms with Gasteiger partial charge in [0.15, 0.2) is 0 Å². The van der Waals surface area contributed by atoms with Crippen LogP contribution in [-0.4, -0.2) is 67.3 Å². The Bertz CT molecular complexity index is 1040. The number of anilines is 1. The van der Waals surface area contributed by atoms with Crippen molar-refractivity contribution in [1.82, 2.24) is 9.47 Å². The minimum Gasteiger partial charge on any atom is -0.466 e. The van der Waals surface area contributed by atoms with E-state index in [9.17, 15) is 14.0 Å². The number of ether oxygens (including phenoxy) is 2. The lowest BCUT2D eigenvalue weighted by Crippen LogP contribution is -2.41. The first-order valence-corrected chi connectivity index (χ1v) is 12.1. The first-order valence-electron chi connectivity index (χ1n) is 12.1. The lowest BCUT2D eigenvalue weighted by atomic mass is 9.96. The molecule has 34 heavy (non-hydrogen) atoms. The van der Waals surface area contributed by atoms with Crippen molar-refractivity contribution in [2.45, 2.75) is 40.2 Å². The van der Waals surface area contributed by atoms with Gasteiger partial charge in [0, 0.05) is 43.0 Å². The van der Waals surface area contributed by atoms with Crippen LogP contribution in [0.3, 0.4) is 0 Å². The third-order valence-electron chi connectivity index (χ3n) is 6.95. The van der Waals surface area contributed by atoms with Crippen molar-refractivity contribution in [3.05, 3.63) is 52.6 Å². The van der Waals surface area contributed by atoms with Gasteiger partial charge < -0.3 is 23.8 Å². The van der Waals surface area contributed by atoms with Gasteiger partial charge in [-0.1, -0.05) is 18.2 Å². The molecule has 2 aliphatic heterocycles. The minimum absolute atomic E-state index is 0.0706. The van der Waals surface area contributed by atoms with Gasteiger partial charge in [-0.3, -0.25) is 9.59 Å². The van der Waals surface area contributed by atoms with Crippen LogP contribution in [-0.2, 0) is 20.8 Å². The van der Waals surface area contributed by atoms with Gasteiger partial charge in [-0.15, -0.1) is 0 Å². The summed E-state index contributed by atoms with van der Waals surface area (Å²) in [6.45, 7) is 10.2. The molecule has 0 aliphatic carbocycles. The van der Waals surface area contributed by atoms with Crippen molar-refractivity contribution in [2.24, 2.45) is 5.92 Å². The van der Waals surface area contributed by atoms with Crippen LogP contribution in [0.1, 0.15) is 47.1 Å². The fourth-order valence-corrected chi connectivity index (χ4v) is 5.13. The molecule has 0 atom stereocenters. The first kappa shape index (κ1) is 24.3. The van der Waals surface area contributed by atoms with Crippen molar-refractivity contribution in [2.75, 3.05) is 50.9 Å². The van der Waals surface area contributed by atoms with Gasteiger partial charge in [0.1, 0.15) is 11.5 Å². The number of carbonyl (C=O) groups is 2. The maximum atomic E-state index is 14.6. The summed E-state index contributed by atoms with van der Waals surface area (Å²) in [6, 6.07) is 6.70. The summed E-state index contributed by atoms with van der Waals surface area (Å²) in [5.74, 6) is -0.700. The molecule has 1 aromatic heterocycles. The highest BCUT2D eigenvalue weighted by Gasteiger charge is 2.33. The zero-order valence-electron chi connectivity index (χ0n) is 20.3. The molecule has 2 fully saturated rings. The second kappa shape index (κ2) is 10.6. The Kier molecular flexibility index (Phi) is 7.56. The molecule has 0 radical (unpaired) electrons. The number of esters is 1. The fraction of sp³-hybridized carbons (Fsp3) is 0.538. The number of amides is 1. The predicted molar refractivity (Wildman–Crippen MR) is 128 cm³/mol. The number of rotatable bonds is 6. The minimum atomic E-state index is -0.283. The Morgan fingerprint density at radius 2 is 1.76 bits per heavy atom. The number of hydrogen-bond acceptors (Lipinski definition) is 5. The molecule has 2 aliphatic rings. The molecule has 2 saturated heterocycles. The molecule has 2 aromatic rings. The molecule has 0 bridgehead atoms. The largest absolute Gasteiger partial charge is 0.466 e. The zero-order valence-corrected chi connectivity index (χ0v) is 20.3. The molecule has 1 aromatic carbocycles. The normalized spacial score (nSPS) is 17.2. The molecule has 0 unspecified atom stereocenters. The number of halogens is 1. The van der Waals surface area contributed by atoms with Crippen molar-refractivity contribution < 1.29 is 23.5 Å². The molecule has 0 N–H and O–H groups in total. The summed E-state index contributed by atoms with van der Waals surface area (Å²) in [7, 11) is 0. The van der Waals surface area contributed by atoms with Crippen LogP contribution in [0.25, 0.3) is 0 Å². The molecule has 7 nitrogen and oxygen atoms in total. The second-order valence-electron chi connectivity index (χ2n) is 9.00. The molecule has 184 valence electrons. The van der Waals surface area contributed by atoms with E-state index in [1.807, 2.05) is 29.4 Å². The molecular weight excluding hydrogens is 437 g/mol. The Morgan fingerprint density at radius 3 is 2.41 bits per heavy atom. The lowest BCUT2D eigenvalue weighted by Gasteiger charge is -2.31. The van der Waals surface area contributed by atoms with E-state index in [1.54, 1.807) is 19.1 Å². The monoisotopic (exact) mass is 471 g/mol. The van der Waals surface area contributed by atoms with Gasteiger partial charge in [0.05, 0.1) is 38.0 Å². The molecule has 0 spiro atoms. The van der Waals surface area contributed by atoms with Gasteiger partial charge in [0.25, 0.3) is 5.91 Å². The standard InChI is InChI=1S/C26H34FN3O4/c1-4-34-26(32)20-9-11-29(12-10-20)25(31)24-18(2)23(28-13-15-33-16-14-28)19(3)30(24)17-21-7-5-6-8-22(21)27/h5-8,20H,4,9-17H2,1-3H3. The van der Waals surface area contributed by atoms with Crippen molar-refractivity contribution >= 4 is 17.6 Å². The molecule has 3 heterocycles. The number of carbonyl (C=O) groups excluding carboxylic acids is 2. The van der Waals surface area contributed by atoms with Crippen LogP contribution in [0.5, 0.6) is 0 Å². The third-order valence-corrected chi connectivity index (χ3v) is 6.95. The number of nitrogens with zero attached hydrogens (tertiary/aromatic N) is 3. The van der Waals surface area contributed by atoms with Gasteiger partial charge in [0.2, 0.25) is 0 Å². The van der Waals surface area contributed by atoms with Crippen molar-refractivity contribution in [3.63, 3.8) is 0 Å². The Hall–Kier alpha value is -2.87. The molecule has 8 heteroatoms. The van der Waals surface area contributed by atoms with E-state index in [0.717, 1.165) is 30.0 Å². The predicted octanol–water partition coefficient (Wildman–Crippen LogP) is 3.54. The highest BCUT2D eigenvalue weighted by Crippen LogP contribution is 2.34. The van der Waals surface area contributed by atoms with Gasteiger partial charge in [-0.05, 0) is 39.7 Å². The summed E-state index contributed by atoms with van der Waals surface area (Å²) < 4.78 is 27.2. The maximum absolute atomic E-state index is 14.6. The van der Waals surface area contributed by atoms with Crippen molar-refractivity contribution in [1.29, 1.82) is 0 Å². The maximum Gasteiger partial charge on any atom is 0.309 e. The Labute approximate surface area is 200 Å². The summed E-state index contributed by atoms with van der Waals surface area (Å²) in [5.41, 5.74) is 4.03. The van der Waals surface area contributed by atoms with E-state index in [4.69, 9.17) is 9.47 Å². The smallest absolute Gasteiger partial charge is 0.309 e. The zero-order chi connectivity index (χ0) is 24.2. The van der Waals surface area contributed by atoms with Crippen LogP contribution in [0.4, 0.5) is 10.1 Å². The number of morpholine rings is 1. The number of aromatic nitrogens is 1. The van der Waals surface area contributed by atoms with Crippen molar-refractivity contribution in [3.8, 4) is 0 Å². The van der Waals surface area contributed by atoms with E-state index in [2.05, 4.69) is 4.90 Å². The van der Waals surface area contributed by atoms with E-state index < -0.39 is 0 Å². The summed E-state index contributed by atoms with van der Waals surface area (Å²) >= 11 is 0. The molecule has 1 amide bonds. The van der Waals surface area contributed by atoms with E-state index in [-0.39, 0.29) is 30.2 Å². The molecule has 4 rings (SSSR count). The summed E-state index contributed by atoms with van der Waals surface area (Å²) in [5, 5.41) is 0. The van der Waals surface area contributed by atoms with E-state index in [1.165, 1.54) is 6.07 Å². The van der Waals surface area contributed by atoms with E-state index >= 15 is 0 Å². The quantitative estimate of drug-likeness (QED) is 0.603. The summed E-state index contributed by atoms with van der Waals surface area (Å²) in [4.78, 5) is 30.0. The van der Waals surface area contributed by atoms with E-state index in [0.29, 0.717) is 57.0 Å². The number of likely N-dealkylation sites (tertiary alicyclic amines) is 1. The van der Waals surface area contributed by atoms with Crippen LogP contribution >= 0.6 is 0 Å². The Morgan fingerprint density at radius 1 is 1.09 bits per heavy atom. The summed E-state index contributed by atoms with van der Waals surface area (Å²) in [6.07, 6.45) is 1.18. The molecular formula is C26H34FN3O4. The van der Waals surface area contributed by atoms with Crippen LogP contribution in [0.15, 0.2) is 24.3 Å². The van der Waals surface area contributed by atoms with Crippen LogP contribution < -0.4 is 4.90 Å². The van der Waals surface area contributed by atoms with Gasteiger partial charge in [-0.2, -0.15) is 0 Å². The average Bonchev–Trinajstić information content (AvgIpc) is 3.10. The Balaban J connectivity index is 1.65. The number of piperidine rings is 1. The average molecular weight is 472 g/mol. The number of hydrogen-bond donors (Lipinski definition) is 0. The first-order chi connectivity index (χ1) is 16.4. The van der Waals surface area contributed by atoms with Crippen LogP contribution in [0, 0.1) is 25.6 Å². The topological polar surface area (TPSA) is 64.0 Å². The third kappa shape index (κ3) is 4.82. The highest BCUT2D eigenvalue weighted by molar-refractivity contribution is 5.97. The second-order valence-corrected chi connectivity index (χ2v) is 9.00.